The van der Waals surface area contributed by atoms with Gasteiger partial charge in [0, 0.05) is 12.2 Å². The van der Waals surface area contributed by atoms with Gasteiger partial charge in [-0.1, -0.05) is 0 Å². The third kappa shape index (κ3) is 1.84. The van der Waals surface area contributed by atoms with Gasteiger partial charge in [-0.2, -0.15) is 10.4 Å². The average Bonchev–Trinajstić information content (AvgIpc) is 2.79. The summed E-state index contributed by atoms with van der Waals surface area (Å²) in [4.78, 5) is 12.4. The van der Waals surface area contributed by atoms with Gasteiger partial charge in [-0.3, -0.25) is 4.79 Å². The molecular formula is C14H16N4O. The topological polar surface area (TPSA) is 63.6 Å². The minimum atomic E-state index is -0.182. The Balaban J connectivity index is 2.18. The Labute approximate surface area is 111 Å². The number of nitrogens with zero attached hydrogens (tertiary/aromatic N) is 4. The van der Waals surface area contributed by atoms with E-state index in [1.807, 2.05) is 13.0 Å². The predicted octanol–water partition coefficient (Wildman–Crippen LogP) is 2.01. The average molecular weight is 256 g/mol. The fourth-order valence-electron chi connectivity index (χ4n) is 2.80. The van der Waals surface area contributed by atoms with Gasteiger partial charge in [-0.15, -0.1) is 0 Å². The van der Waals surface area contributed by atoms with Crippen LogP contribution in [0.5, 0.6) is 0 Å². The van der Waals surface area contributed by atoms with Crippen LogP contribution >= 0.6 is 0 Å². The van der Waals surface area contributed by atoms with E-state index in [1.165, 1.54) is 16.8 Å². The van der Waals surface area contributed by atoms with Crippen molar-refractivity contribution in [2.75, 3.05) is 0 Å². The van der Waals surface area contributed by atoms with Crippen LogP contribution in [0.15, 0.2) is 17.1 Å². The number of aromatic nitrogens is 3. The lowest BCUT2D eigenvalue weighted by Crippen LogP contribution is -2.25. The quantitative estimate of drug-likeness (QED) is 0.825. The standard InChI is InChI=1S/C14H16N4O/c1-10(5-6-15)18-14(19)12-8-11-4-2-3-7-17(11)13(12)9-16-18/h8-10H,2-5,7H2,1H3. The Morgan fingerprint density at radius 1 is 1.53 bits per heavy atom. The smallest absolute Gasteiger partial charge is 0.276 e. The summed E-state index contributed by atoms with van der Waals surface area (Å²) in [6.45, 7) is 2.82. The zero-order chi connectivity index (χ0) is 13.4. The fourth-order valence-corrected chi connectivity index (χ4v) is 2.80. The second-order valence-corrected chi connectivity index (χ2v) is 5.15. The van der Waals surface area contributed by atoms with Gasteiger partial charge < -0.3 is 4.57 Å². The fraction of sp³-hybridized carbons (Fsp3) is 0.500. The van der Waals surface area contributed by atoms with E-state index in [1.54, 1.807) is 6.20 Å². The van der Waals surface area contributed by atoms with Gasteiger partial charge in [0.25, 0.3) is 5.56 Å². The molecule has 0 aliphatic carbocycles. The van der Waals surface area contributed by atoms with E-state index in [0.717, 1.165) is 30.3 Å². The first-order valence-corrected chi connectivity index (χ1v) is 6.69. The van der Waals surface area contributed by atoms with Crippen LogP contribution in [0.3, 0.4) is 0 Å². The molecule has 1 aliphatic rings. The van der Waals surface area contributed by atoms with Gasteiger partial charge in [0.15, 0.2) is 0 Å². The van der Waals surface area contributed by atoms with E-state index < -0.39 is 0 Å². The Kier molecular flexibility index (Phi) is 2.86. The molecule has 3 heterocycles. The molecule has 98 valence electrons. The molecule has 0 bridgehead atoms. The molecule has 1 unspecified atom stereocenters. The van der Waals surface area contributed by atoms with Gasteiger partial charge in [0.1, 0.15) is 0 Å². The molecule has 19 heavy (non-hydrogen) atoms. The molecule has 1 aliphatic heterocycles. The minimum Gasteiger partial charge on any atom is -0.343 e. The molecule has 0 N–H and O–H groups in total. The molecule has 0 fully saturated rings. The third-order valence-corrected chi connectivity index (χ3v) is 3.84. The molecule has 0 radical (unpaired) electrons. The molecule has 0 saturated carbocycles. The van der Waals surface area contributed by atoms with Gasteiger partial charge in [0.05, 0.1) is 35.6 Å². The van der Waals surface area contributed by atoms with E-state index in [0.29, 0.717) is 6.42 Å². The van der Waals surface area contributed by atoms with Crippen LogP contribution in [-0.4, -0.2) is 14.3 Å². The molecule has 2 aromatic heterocycles. The van der Waals surface area contributed by atoms with Gasteiger partial charge in [-0.25, -0.2) is 4.68 Å². The largest absolute Gasteiger partial charge is 0.343 e. The summed E-state index contributed by atoms with van der Waals surface area (Å²) < 4.78 is 3.63. The molecule has 1 atom stereocenters. The summed E-state index contributed by atoms with van der Waals surface area (Å²) in [6.07, 6.45) is 5.43. The van der Waals surface area contributed by atoms with Crippen LogP contribution in [-0.2, 0) is 13.0 Å². The normalized spacial score (nSPS) is 16.0. The molecule has 2 aromatic rings. The number of rotatable bonds is 2. The molecule has 3 rings (SSSR count). The highest BCUT2D eigenvalue weighted by Crippen LogP contribution is 2.23. The molecule has 5 heteroatoms. The highest BCUT2D eigenvalue weighted by molar-refractivity contribution is 5.79. The van der Waals surface area contributed by atoms with Crippen LogP contribution in [0, 0.1) is 11.3 Å². The van der Waals surface area contributed by atoms with Gasteiger partial charge in [-0.05, 0) is 32.3 Å². The van der Waals surface area contributed by atoms with Crippen LogP contribution in [0.1, 0.15) is 37.9 Å². The molecule has 0 aromatic carbocycles. The second-order valence-electron chi connectivity index (χ2n) is 5.15. The summed E-state index contributed by atoms with van der Waals surface area (Å²) in [5.41, 5.74) is 2.08. The van der Waals surface area contributed by atoms with Crippen molar-refractivity contribution in [3.63, 3.8) is 0 Å². The minimum absolute atomic E-state index is 0.0813. The van der Waals surface area contributed by atoms with Crippen molar-refractivity contribution in [2.45, 2.75) is 45.2 Å². The van der Waals surface area contributed by atoms with Crippen LogP contribution in [0.25, 0.3) is 10.9 Å². The third-order valence-electron chi connectivity index (χ3n) is 3.84. The predicted molar refractivity (Wildman–Crippen MR) is 71.9 cm³/mol. The van der Waals surface area contributed by atoms with Crippen molar-refractivity contribution in [2.24, 2.45) is 0 Å². The van der Waals surface area contributed by atoms with Crippen LogP contribution in [0.4, 0.5) is 0 Å². The maximum atomic E-state index is 12.4. The maximum Gasteiger partial charge on any atom is 0.276 e. The summed E-state index contributed by atoms with van der Waals surface area (Å²) in [6, 6.07) is 3.90. The van der Waals surface area contributed by atoms with E-state index in [9.17, 15) is 4.79 Å². The Bertz CT molecular complexity index is 719. The molecule has 0 saturated heterocycles. The highest BCUT2D eigenvalue weighted by atomic mass is 16.1. The van der Waals surface area contributed by atoms with Gasteiger partial charge >= 0.3 is 0 Å². The van der Waals surface area contributed by atoms with E-state index in [4.69, 9.17) is 5.26 Å². The Morgan fingerprint density at radius 2 is 2.37 bits per heavy atom. The van der Waals surface area contributed by atoms with E-state index >= 15 is 0 Å². The number of nitriles is 1. The Morgan fingerprint density at radius 3 is 3.16 bits per heavy atom. The molecule has 5 nitrogen and oxygen atoms in total. The number of hydrogen-bond acceptors (Lipinski definition) is 3. The maximum absolute atomic E-state index is 12.4. The lowest BCUT2D eigenvalue weighted by Gasteiger charge is -2.15. The number of aryl methyl sites for hydroxylation is 2. The van der Waals surface area contributed by atoms with Crippen LogP contribution in [0.2, 0.25) is 0 Å². The zero-order valence-corrected chi connectivity index (χ0v) is 11.0. The summed E-state index contributed by atoms with van der Waals surface area (Å²) >= 11 is 0. The summed E-state index contributed by atoms with van der Waals surface area (Å²) in [5, 5.41) is 13.7. The van der Waals surface area contributed by atoms with Crippen molar-refractivity contribution in [3.05, 3.63) is 28.3 Å². The number of hydrogen-bond donors (Lipinski definition) is 0. The van der Waals surface area contributed by atoms with Crippen molar-refractivity contribution < 1.29 is 0 Å². The molecule has 0 spiro atoms. The monoisotopic (exact) mass is 256 g/mol. The van der Waals surface area contributed by atoms with Crippen molar-refractivity contribution >= 4 is 10.9 Å². The first-order chi connectivity index (χ1) is 9.22. The first kappa shape index (κ1) is 12.0. The lowest BCUT2D eigenvalue weighted by atomic mass is 10.1. The first-order valence-electron chi connectivity index (χ1n) is 6.69. The zero-order valence-electron chi connectivity index (χ0n) is 11.0. The second kappa shape index (κ2) is 4.54. The SMILES string of the molecule is CC(CC#N)n1ncc2c(cc3n2CCCC3)c1=O. The van der Waals surface area contributed by atoms with Crippen molar-refractivity contribution in [3.8, 4) is 6.07 Å². The van der Waals surface area contributed by atoms with Gasteiger partial charge in [0.2, 0.25) is 0 Å². The summed E-state index contributed by atoms with van der Waals surface area (Å²) in [7, 11) is 0. The highest BCUT2D eigenvalue weighted by Gasteiger charge is 2.17. The Hall–Kier alpha value is -2.09. The van der Waals surface area contributed by atoms with E-state index in [2.05, 4.69) is 15.7 Å². The summed E-state index contributed by atoms with van der Waals surface area (Å²) in [5.74, 6) is 0. The lowest BCUT2D eigenvalue weighted by molar-refractivity contribution is 0.477. The van der Waals surface area contributed by atoms with Crippen molar-refractivity contribution in [1.82, 2.24) is 14.3 Å². The van der Waals surface area contributed by atoms with E-state index in [-0.39, 0.29) is 11.6 Å². The van der Waals surface area contributed by atoms with Crippen molar-refractivity contribution in [1.29, 1.82) is 5.26 Å². The number of fused-ring (bicyclic) bond motifs is 3. The molecular weight excluding hydrogens is 240 g/mol. The van der Waals surface area contributed by atoms with Crippen LogP contribution < -0.4 is 5.56 Å². The molecule has 0 amide bonds.